The Balaban J connectivity index is 0.00000115. The molecule has 3 aliphatic rings. The number of aromatic nitrogens is 1. The summed E-state index contributed by atoms with van der Waals surface area (Å²) in [5.41, 5.74) is 2.06. The molecule has 6 heteroatoms. The molecule has 0 N–H and O–H groups in total. The number of hydrogen-bond acceptors (Lipinski definition) is 3. The second kappa shape index (κ2) is 13.3. The van der Waals surface area contributed by atoms with Gasteiger partial charge in [-0.1, -0.05) is 96.5 Å². The van der Waals surface area contributed by atoms with E-state index in [4.69, 9.17) is 5.09 Å². The molecule has 0 spiro atoms. The zero-order valence-electron chi connectivity index (χ0n) is 22.8. The first-order valence-electron chi connectivity index (χ1n) is 13.5. The van der Waals surface area contributed by atoms with Gasteiger partial charge in [-0.15, -0.1) is 6.58 Å². The van der Waals surface area contributed by atoms with Gasteiger partial charge in [-0.2, -0.15) is 6.92 Å². The molecule has 3 saturated heterocycles. The van der Waals surface area contributed by atoms with E-state index in [0.717, 1.165) is 46.6 Å². The van der Waals surface area contributed by atoms with Crippen LogP contribution in [0.3, 0.4) is 0 Å². The molecular weight excluding hydrogens is 551 g/mol. The number of piperidine rings is 3. The zero-order chi connectivity index (χ0) is 26.5. The maximum atomic E-state index is 15.1. The Morgan fingerprint density at radius 1 is 0.974 bits per heavy atom. The predicted molar refractivity (Wildman–Crippen MR) is 160 cm³/mol. The molecule has 0 aliphatic carbocycles. The van der Waals surface area contributed by atoms with Crippen molar-refractivity contribution >= 4 is 28.8 Å². The van der Waals surface area contributed by atoms with Crippen molar-refractivity contribution in [3.8, 4) is 0 Å². The van der Waals surface area contributed by atoms with Gasteiger partial charge in [-0.05, 0) is 60.0 Å². The minimum Gasteiger partial charge on any atom is -0.588 e. The van der Waals surface area contributed by atoms with Crippen LogP contribution in [-0.4, -0.2) is 29.0 Å². The smallest absolute Gasteiger partial charge is 0.588 e. The van der Waals surface area contributed by atoms with Crippen LogP contribution < -0.4 is 10.6 Å². The third kappa shape index (κ3) is 5.88. The molecule has 3 aromatic carbocycles. The van der Waals surface area contributed by atoms with Crippen molar-refractivity contribution in [1.29, 1.82) is 0 Å². The quantitative estimate of drug-likeness (QED) is 0.0987. The zero-order valence-corrected chi connectivity index (χ0v) is 26.6. The van der Waals surface area contributed by atoms with Crippen LogP contribution in [0.25, 0.3) is 16.0 Å². The number of para-hydroxylation sites is 1. The van der Waals surface area contributed by atoms with E-state index < -0.39 is 7.29 Å². The molecule has 0 amide bonds. The average Bonchev–Trinajstić information content (AvgIpc) is 3.01. The first kappa shape index (κ1) is 29.6. The van der Waals surface area contributed by atoms with Crippen LogP contribution in [0, 0.1) is 18.8 Å². The Labute approximate surface area is 246 Å². The second-order valence-electron chi connectivity index (χ2n) is 9.97. The van der Waals surface area contributed by atoms with Crippen LogP contribution in [0.4, 0.5) is 0 Å². The maximum Gasteiger partial charge on any atom is 2.00 e. The summed E-state index contributed by atoms with van der Waals surface area (Å²) in [6.45, 7) is 11.2. The molecule has 0 saturated carbocycles. The van der Waals surface area contributed by atoms with Gasteiger partial charge in [0.15, 0.2) is 0 Å². The number of nitrogens with zero attached hydrogens (tertiary/aromatic N) is 3. The molecule has 0 radical (unpaired) electrons. The van der Waals surface area contributed by atoms with Crippen LogP contribution in [0.15, 0.2) is 110 Å². The van der Waals surface area contributed by atoms with Gasteiger partial charge in [0.1, 0.15) is 0 Å². The summed E-state index contributed by atoms with van der Waals surface area (Å²) in [6.07, 6.45) is 6.22. The summed E-state index contributed by atoms with van der Waals surface area (Å²) in [5.74, 6) is 1.11. The van der Waals surface area contributed by atoms with Crippen molar-refractivity contribution in [3.63, 3.8) is 0 Å². The Morgan fingerprint density at radius 3 is 2.18 bits per heavy atom. The molecule has 3 aliphatic heterocycles. The molecule has 39 heavy (non-hydrogen) atoms. The van der Waals surface area contributed by atoms with E-state index in [9.17, 15) is 0 Å². The predicted octanol–water partition coefficient (Wildman–Crippen LogP) is 7.31. The SMILES string of the molecule is C=C[C@H]1CN2CC[C@H]1C[C@@H]2[C@H]([N-]P(=O)(c1ccccc1)c1ccccc1)c1ccnc2ccccc12.[CH2-]C.[Zn+2]. The molecular formula is C33H36N3OPZn. The molecule has 1 unspecified atom stereocenters. The number of pyridine rings is 1. The topological polar surface area (TPSA) is 47.3 Å². The van der Waals surface area contributed by atoms with E-state index >= 15 is 4.57 Å². The number of rotatable bonds is 7. The van der Waals surface area contributed by atoms with Crippen LogP contribution in [0.1, 0.15) is 31.4 Å². The Hall–Kier alpha value is -2.42. The summed E-state index contributed by atoms with van der Waals surface area (Å²) in [4.78, 5) is 7.18. The third-order valence-corrected chi connectivity index (χ3v) is 10.6. The Bertz CT molecular complexity index is 1370. The average molecular weight is 587 g/mol. The van der Waals surface area contributed by atoms with Gasteiger partial charge in [-0.25, -0.2) is 0 Å². The minimum atomic E-state index is -3.28. The molecule has 3 fully saturated rings. The van der Waals surface area contributed by atoms with E-state index in [1.54, 1.807) is 6.92 Å². The molecule has 4 aromatic rings. The van der Waals surface area contributed by atoms with Gasteiger partial charge in [0.2, 0.25) is 0 Å². The van der Waals surface area contributed by atoms with E-state index in [0.29, 0.717) is 11.8 Å². The normalized spacial score (nSPS) is 22.7. The van der Waals surface area contributed by atoms with Crippen molar-refractivity contribution in [2.24, 2.45) is 11.8 Å². The van der Waals surface area contributed by atoms with Crippen molar-refractivity contribution < 1.29 is 24.0 Å². The number of fused-ring (bicyclic) bond motifs is 4. The van der Waals surface area contributed by atoms with Crippen molar-refractivity contribution in [2.45, 2.75) is 31.8 Å². The molecule has 4 nitrogen and oxygen atoms in total. The first-order chi connectivity index (χ1) is 18.7. The monoisotopic (exact) mass is 585 g/mol. The van der Waals surface area contributed by atoms with Gasteiger partial charge in [0.25, 0.3) is 0 Å². The Morgan fingerprint density at radius 2 is 1.59 bits per heavy atom. The van der Waals surface area contributed by atoms with Gasteiger partial charge in [0.05, 0.1) is 12.8 Å². The van der Waals surface area contributed by atoms with E-state index in [1.165, 1.54) is 6.42 Å². The minimum absolute atomic E-state index is 0. The fourth-order valence-electron chi connectivity index (χ4n) is 6.15. The summed E-state index contributed by atoms with van der Waals surface area (Å²) in [5, 5.41) is 8.06. The standard InChI is InChI=1S/C31H31N3OP.C2H5.Zn/c1-2-23-22-34-20-18-24(23)21-30(34)31(28-17-19-32-29-16-10-9-15-27(28)29)33-36(35,25-11-5-3-6-12-25)26-13-7-4-8-14-26;1-2;/h2-17,19,23-24,30-31H,1,18,20-22H2;1H2,2H3;/q2*-1;+2/t23-,24-,30+,31+;;/m0../s1. The van der Waals surface area contributed by atoms with Crippen molar-refractivity contribution in [2.75, 3.05) is 13.1 Å². The molecule has 7 rings (SSSR count). The summed E-state index contributed by atoms with van der Waals surface area (Å²) < 4.78 is 15.1. The van der Waals surface area contributed by atoms with Crippen LogP contribution in [-0.2, 0) is 24.0 Å². The van der Waals surface area contributed by atoms with Gasteiger partial charge in [-0.3, -0.25) is 4.98 Å². The second-order valence-corrected chi connectivity index (χ2v) is 12.4. The summed E-state index contributed by atoms with van der Waals surface area (Å²) >= 11 is 0. The summed E-state index contributed by atoms with van der Waals surface area (Å²) in [6, 6.07) is 29.9. The Kier molecular flexibility index (Phi) is 10.1. The van der Waals surface area contributed by atoms with E-state index in [1.807, 2.05) is 79.0 Å². The largest absolute Gasteiger partial charge is 2.00 e. The van der Waals surface area contributed by atoms with E-state index in [2.05, 4.69) is 47.7 Å². The van der Waals surface area contributed by atoms with Gasteiger partial charge in [0, 0.05) is 18.1 Å². The molecule has 4 heterocycles. The fraction of sp³-hybridized carbons (Fsp3) is 0.273. The molecule has 196 valence electrons. The maximum absolute atomic E-state index is 15.1. The fourth-order valence-corrected chi connectivity index (χ4v) is 8.49. The molecule has 2 bridgehead atoms. The molecule has 5 atom stereocenters. The first-order valence-corrected chi connectivity index (χ1v) is 15.2. The van der Waals surface area contributed by atoms with Crippen LogP contribution in [0.5, 0.6) is 0 Å². The number of hydrogen-bond donors (Lipinski definition) is 0. The van der Waals surface area contributed by atoms with Crippen LogP contribution >= 0.6 is 7.29 Å². The third-order valence-electron chi connectivity index (χ3n) is 8.02. The van der Waals surface area contributed by atoms with Crippen molar-refractivity contribution in [1.82, 2.24) is 9.88 Å². The van der Waals surface area contributed by atoms with E-state index in [-0.39, 0.29) is 31.6 Å². The van der Waals surface area contributed by atoms with Crippen LogP contribution in [0.2, 0.25) is 0 Å². The van der Waals surface area contributed by atoms with Gasteiger partial charge >= 0.3 is 19.5 Å². The summed E-state index contributed by atoms with van der Waals surface area (Å²) in [7, 11) is -3.28. The number of benzene rings is 3. The molecule has 1 aromatic heterocycles. The van der Waals surface area contributed by atoms with Gasteiger partial charge < -0.3 is 21.5 Å². The van der Waals surface area contributed by atoms with Crippen molar-refractivity contribution in [3.05, 3.63) is 127 Å².